The molecule has 1 aliphatic heterocycles. The van der Waals surface area contributed by atoms with Crippen LogP contribution in [0.25, 0.3) is 0 Å². The number of benzene rings is 2. The standard InChI is InChI=1S/C26H32N2O6/c1-17(2)25(27-23(29)12-18-8-6-5-7-9-18)26(31)34-16-24(30)28-11-10-19-13-21(32-3)22(33-4)14-20(19)15-28/h5-9,13-14,17,25H,10-12,15-16H2,1-4H3,(H,27,29)/t25-/m0/s1. The lowest BCUT2D eigenvalue weighted by Crippen LogP contribution is -2.47. The third-order valence-corrected chi connectivity index (χ3v) is 5.85. The van der Waals surface area contributed by atoms with Crippen LogP contribution in [0.15, 0.2) is 42.5 Å². The zero-order chi connectivity index (χ0) is 24.7. The summed E-state index contributed by atoms with van der Waals surface area (Å²) in [4.78, 5) is 39.5. The number of amides is 2. The van der Waals surface area contributed by atoms with Crippen LogP contribution in [0.2, 0.25) is 0 Å². The lowest BCUT2D eigenvalue weighted by molar-refractivity contribution is -0.155. The molecule has 0 fully saturated rings. The number of nitrogens with zero attached hydrogens (tertiary/aromatic N) is 1. The third kappa shape index (κ3) is 6.27. The summed E-state index contributed by atoms with van der Waals surface area (Å²) >= 11 is 0. The van der Waals surface area contributed by atoms with Crippen molar-refractivity contribution in [3.05, 3.63) is 59.2 Å². The van der Waals surface area contributed by atoms with Crippen LogP contribution in [0.3, 0.4) is 0 Å². The fourth-order valence-electron chi connectivity index (χ4n) is 3.91. The number of carbonyl (C=O) groups is 3. The predicted octanol–water partition coefficient (Wildman–Crippen LogP) is 2.52. The van der Waals surface area contributed by atoms with Gasteiger partial charge in [0.1, 0.15) is 6.04 Å². The maximum absolute atomic E-state index is 12.8. The van der Waals surface area contributed by atoms with Gasteiger partial charge in [0.05, 0.1) is 20.6 Å². The van der Waals surface area contributed by atoms with Crippen LogP contribution in [0.4, 0.5) is 0 Å². The molecule has 1 N–H and O–H groups in total. The van der Waals surface area contributed by atoms with Crippen molar-refractivity contribution in [2.24, 2.45) is 5.92 Å². The van der Waals surface area contributed by atoms with Crippen molar-refractivity contribution in [1.29, 1.82) is 0 Å². The minimum absolute atomic E-state index is 0.164. The SMILES string of the molecule is COc1cc2c(cc1OC)CN(C(=O)COC(=O)[C@@H](NC(=O)Cc1ccccc1)C(C)C)CC2. The number of methoxy groups -OCH3 is 2. The molecule has 0 saturated carbocycles. The van der Waals surface area contributed by atoms with E-state index in [-0.39, 0.29) is 30.8 Å². The van der Waals surface area contributed by atoms with Crippen LogP contribution in [0.5, 0.6) is 11.5 Å². The minimum atomic E-state index is -0.831. The highest BCUT2D eigenvalue weighted by Crippen LogP contribution is 2.33. The summed E-state index contributed by atoms with van der Waals surface area (Å²) in [7, 11) is 3.16. The zero-order valence-corrected chi connectivity index (χ0v) is 20.1. The van der Waals surface area contributed by atoms with Gasteiger partial charge in [-0.25, -0.2) is 4.79 Å². The molecule has 0 aromatic heterocycles. The third-order valence-electron chi connectivity index (χ3n) is 5.85. The normalized spacial score (nSPS) is 13.6. The van der Waals surface area contributed by atoms with Gasteiger partial charge in [-0.1, -0.05) is 44.2 Å². The number of ether oxygens (including phenoxy) is 3. The Bertz CT molecular complexity index is 1020. The molecule has 34 heavy (non-hydrogen) atoms. The van der Waals surface area contributed by atoms with Gasteiger partial charge in [-0.2, -0.15) is 0 Å². The van der Waals surface area contributed by atoms with Crippen molar-refractivity contribution in [3.63, 3.8) is 0 Å². The molecular weight excluding hydrogens is 436 g/mol. The number of carbonyl (C=O) groups excluding carboxylic acids is 3. The average molecular weight is 469 g/mol. The van der Waals surface area contributed by atoms with E-state index in [0.29, 0.717) is 31.0 Å². The van der Waals surface area contributed by atoms with Crippen molar-refractivity contribution < 1.29 is 28.6 Å². The first kappa shape index (κ1) is 25.1. The largest absolute Gasteiger partial charge is 0.493 e. The molecule has 2 aromatic rings. The van der Waals surface area contributed by atoms with E-state index in [0.717, 1.165) is 16.7 Å². The topological polar surface area (TPSA) is 94.2 Å². The van der Waals surface area contributed by atoms with Crippen molar-refractivity contribution >= 4 is 17.8 Å². The van der Waals surface area contributed by atoms with Gasteiger partial charge in [0, 0.05) is 13.1 Å². The maximum atomic E-state index is 12.8. The molecule has 2 amide bonds. The Morgan fingerprint density at radius 1 is 1.00 bits per heavy atom. The second kappa shape index (κ2) is 11.5. The summed E-state index contributed by atoms with van der Waals surface area (Å²) < 4.78 is 16.0. The summed E-state index contributed by atoms with van der Waals surface area (Å²) in [5, 5.41) is 2.74. The van der Waals surface area contributed by atoms with Crippen molar-refractivity contribution in [2.75, 3.05) is 27.4 Å². The van der Waals surface area contributed by atoms with Gasteiger partial charge in [-0.05, 0) is 41.2 Å². The summed E-state index contributed by atoms with van der Waals surface area (Å²) in [5.41, 5.74) is 2.92. The van der Waals surface area contributed by atoms with E-state index in [9.17, 15) is 14.4 Å². The molecule has 8 heteroatoms. The highest BCUT2D eigenvalue weighted by atomic mass is 16.5. The number of nitrogens with one attached hydrogen (secondary N) is 1. The summed E-state index contributed by atoms with van der Waals surface area (Å²) in [6, 6.07) is 12.3. The van der Waals surface area contributed by atoms with E-state index < -0.39 is 12.0 Å². The molecule has 8 nitrogen and oxygen atoms in total. The van der Waals surface area contributed by atoms with Crippen molar-refractivity contribution in [3.8, 4) is 11.5 Å². The number of hydrogen-bond donors (Lipinski definition) is 1. The second-order valence-electron chi connectivity index (χ2n) is 8.60. The summed E-state index contributed by atoms with van der Waals surface area (Å²) in [5.74, 6) is -0.103. The molecule has 0 radical (unpaired) electrons. The lowest BCUT2D eigenvalue weighted by Gasteiger charge is -2.30. The van der Waals surface area contributed by atoms with E-state index in [1.807, 2.05) is 56.3 Å². The van der Waals surface area contributed by atoms with E-state index in [1.54, 1.807) is 19.1 Å². The molecule has 0 aliphatic carbocycles. The summed E-state index contributed by atoms with van der Waals surface area (Å²) in [6.45, 7) is 4.17. The molecule has 0 saturated heterocycles. The van der Waals surface area contributed by atoms with Crippen molar-refractivity contribution in [2.45, 2.75) is 39.3 Å². The zero-order valence-electron chi connectivity index (χ0n) is 20.1. The fourth-order valence-corrected chi connectivity index (χ4v) is 3.91. The Labute approximate surface area is 200 Å². The molecular formula is C26H32N2O6. The van der Waals surface area contributed by atoms with E-state index >= 15 is 0 Å². The van der Waals surface area contributed by atoms with Crippen molar-refractivity contribution in [1.82, 2.24) is 10.2 Å². The predicted molar refractivity (Wildman–Crippen MR) is 127 cm³/mol. The van der Waals surface area contributed by atoms with Gasteiger partial charge in [0.15, 0.2) is 18.1 Å². The first-order chi connectivity index (χ1) is 16.3. The minimum Gasteiger partial charge on any atom is -0.493 e. The van der Waals surface area contributed by atoms with Gasteiger partial charge in [-0.3, -0.25) is 9.59 Å². The summed E-state index contributed by atoms with van der Waals surface area (Å²) in [6.07, 6.45) is 0.831. The van der Waals surface area contributed by atoms with Gasteiger partial charge >= 0.3 is 5.97 Å². The first-order valence-corrected chi connectivity index (χ1v) is 11.3. The second-order valence-corrected chi connectivity index (χ2v) is 8.60. The van der Waals surface area contributed by atoms with E-state index in [4.69, 9.17) is 14.2 Å². The highest BCUT2D eigenvalue weighted by molar-refractivity contribution is 5.87. The molecule has 0 unspecified atom stereocenters. The first-order valence-electron chi connectivity index (χ1n) is 11.3. The van der Waals surface area contributed by atoms with Gasteiger partial charge in [-0.15, -0.1) is 0 Å². The maximum Gasteiger partial charge on any atom is 0.329 e. The van der Waals surface area contributed by atoms with Gasteiger partial charge in [0.2, 0.25) is 5.91 Å². The molecule has 0 bridgehead atoms. The molecule has 3 rings (SSSR count). The molecule has 2 aromatic carbocycles. The molecule has 1 aliphatic rings. The smallest absolute Gasteiger partial charge is 0.329 e. The average Bonchev–Trinajstić information content (AvgIpc) is 2.84. The number of esters is 1. The van der Waals surface area contributed by atoms with Crippen LogP contribution in [-0.4, -0.2) is 56.1 Å². The Hall–Kier alpha value is -3.55. The Kier molecular flexibility index (Phi) is 8.51. The Balaban J connectivity index is 1.55. The number of hydrogen-bond acceptors (Lipinski definition) is 6. The van der Waals surface area contributed by atoms with Gasteiger partial charge in [0.25, 0.3) is 5.91 Å². The fraction of sp³-hybridized carbons (Fsp3) is 0.423. The van der Waals surface area contributed by atoms with Crippen LogP contribution < -0.4 is 14.8 Å². The lowest BCUT2D eigenvalue weighted by atomic mass is 9.99. The molecule has 1 atom stereocenters. The van der Waals surface area contributed by atoms with E-state index in [1.165, 1.54) is 0 Å². The molecule has 0 spiro atoms. The van der Waals surface area contributed by atoms with Crippen LogP contribution in [0, 0.1) is 5.92 Å². The van der Waals surface area contributed by atoms with Gasteiger partial charge < -0.3 is 24.4 Å². The number of fused-ring (bicyclic) bond motifs is 1. The Morgan fingerprint density at radius 2 is 1.65 bits per heavy atom. The van der Waals surface area contributed by atoms with Crippen LogP contribution >= 0.6 is 0 Å². The van der Waals surface area contributed by atoms with E-state index in [2.05, 4.69) is 5.32 Å². The number of rotatable bonds is 9. The highest BCUT2D eigenvalue weighted by Gasteiger charge is 2.28. The van der Waals surface area contributed by atoms with Crippen LogP contribution in [0.1, 0.15) is 30.5 Å². The van der Waals surface area contributed by atoms with Crippen LogP contribution in [-0.2, 0) is 38.5 Å². The molecule has 1 heterocycles. The quantitative estimate of drug-likeness (QED) is 0.569. The Morgan fingerprint density at radius 3 is 2.26 bits per heavy atom. The monoisotopic (exact) mass is 468 g/mol. The molecule has 182 valence electrons.